The van der Waals surface area contributed by atoms with Crippen LogP contribution in [0.5, 0.6) is 11.6 Å². The summed E-state index contributed by atoms with van der Waals surface area (Å²) < 4.78 is 10.8. The Balaban J connectivity index is 1.36. The van der Waals surface area contributed by atoms with E-state index in [-0.39, 0.29) is 23.5 Å². The fraction of sp³-hybridized carbons (Fsp3) is 0.0417. The van der Waals surface area contributed by atoms with Crippen molar-refractivity contribution in [3.8, 4) is 11.6 Å². The normalized spacial score (nSPS) is 10.3. The van der Waals surface area contributed by atoms with Gasteiger partial charge in [-0.3, -0.25) is 9.59 Å². The van der Waals surface area contributed by atoms with E-state index in [0.717, 1.165) is 5.56 Å². The van der Waals surface area contributed by atoms with Crippen molar-refractivity contribution in [3.05, 3.63) is 108 Å². The van der Waals surface area contributed by atoms with Gasteiger partial charge in [0, 0.05) is 18.4 Å². The van der Waals surface area contributed by atoms with E-state index in [9.17, 15) is 9.59 Å². The Kier molecular flexibility index (Phi) is 6.04. The van der Waals surface area contributed by atoms with Crippen LogP contribution in [0.4, 0.5) is 5.69 Å². The molecular formula is C24H19N3O4. The maximum atomic E-state index is 12.7. The molecular weight excluding hydrogens is 394 g/mol. The first-order chi connectivity index (χ1) is 15.2. The zero-order chi connectivity index (χ0) is 21.5. The van der Waals surface area contributed by atoms with Gasteiger partial charge in [0.25, 0.3) is 11.8 Å². The van der Waals surface area contributed by atoms with Crippen LogP contribution in [0.15, 0.2) is 95.7 Å². The monoisotopic (exact) mass is 413 g/mol. The summed E-state index contributed by atoms with van der Waals surface area (Å²) in [6.07, 6.45) is 3.02. The molecule has 7 heteroatoms. The van der Waals surface area contributed by atoms with E-state index in [4.69, 9.17) is 9.15 Å². The fourth-order valence-electron chi connectivity index (χ4n) is 2.83. The van der Waals surface area contributed by atoms with Crippen molar-refractivity contribution in [2.24, 2.45) is 0 Å². The Morgan fingerprint density at radius 1 is 0.871 bits per heavy atom. The second-order valence-corrected chi connectivity index (χ2v) is 6.58. The molecule has 0 aliphatic carbocycles. The van der Waals surface area contributed by atoms with Crippen molar-refractivity contribution in [2.75, 3.05) is 5.32 Å². The molecule has 2 aromatic heterocycles. The fourth-order valence-corrected chi connectivity index (χ4v) is 2.83. The maximum Gasteiger partial charge on any atom is 0.291 e. The summed E-state index contributed by atoms with van der Waals surface area (Å²) >= 11 is 0. The van der Waals surface area contributed by atoms with E-state index in [2.05, 4.69) is 15.6 Å². The minimum absolute atomic E-state index is 0.237. The molecule has 2 N–H and O–H groups in total. The molecule has 0 unspecified atom stereocenters. The number of aromatic nitrogens is 1. The predicted octanol–water partition coefficient (Wildman–Crippen LogP) is 4.65. The summed E-state index contributed by atoms with van der Waals surface area (Å²) in [6.45, 7) is 0.310. The van der Waals surface area contributed by atoms with Crippen LogP contribution in [0.1, 0.15) is 26.5 Å². The van der Waals surface area contributed by atoms with Gasteiger partial charge >= 0.3 is 0 Å². The number of amides is 2. The molecule has 0 atom stereocenters. The molecule has 0 fully saturated rings. The quantitative estimate of drug-likeness (QED) is 0.460. The largest absolute Gasteiger partial charge is 0.459 e. The number of rotatable bonds is 7. The molecule has 154 valence electrons. The number of benzene rings is 2. The minimum Gasteiger partial charge on any atom is -0.459 e. The first-order valence-corrected chi connectivity index (χ1v) is 9.59. The summed E-state index contributed by atoms with van der Waals surface area (Å²) in [6, 6.07) is 22.9. The Morgan fingerprint density at radius 2 is 1.68 bits per heavy atom. The van der Waals surface area contributed by atoms with Crippen molar-refractivity contribution in [3.63, 3.8) is 0 Å². The lowest BCUT2D eigenvalue weighted by atomic mass is 10.2. The molecule has 4 rings (SSSR count). The number of carbonyl (C=O) groups is 2. The van der Waals surface area contributed by atoms with Gasteiger partial charge in [-0.25, -0.2) is 4.98 Å². The summed E-state index contributed by atoms with van der Waals surface area (Å²) in [5.41, 5.74) is 1.84. The number of nitrogens with one attached hydrogen (secondary N) is 2. The zero-order valence-corrected chi connectivity index (χ0v) is 16.4. The molecule has 0 radical (unpaired) electrons. The highest BCUT2D eigenvalue weighted by atomic mass is 16.5. The van der Waals surface area contributed by atoms with E-state index in [1.807, 2.05) is 30.3 Å². The first-order valence-electron chi connectivity index (χ1n) is 9.59. The summed E-state index contributed by atoms with van der Waals surface area (Å²) in [5, 5.41) is 5.61. The van der Waals surface area contributed by atoms with Gasteiger partial charge in [-0.1, -0.05) is 30.3 Å². The number of hydrogen-bond acceptors (Lipinski definition) is 5. The number of ether oxygens (including phenoxy) is 1. The number of pyridine rings is 1. The number of nitrogens with zero attached hydrogens (tertiary/aromatic N) is 1. The molecule has 2 heterocycles. The highest BCUT2D eigenvalue weighted by molar-refractivity contribution is 6.02. The third kappa shape index (κ3) is 5.16. The van der Waals surface area contributed by atoms with E-state index >= 15 is 0 Å². The van der Waals surface area contributed by atoms with Gasteiger partial charge in [-0.15, -0.1) is 0 Å². The highest BCUT2D eigenvalue weighted by Crippen LogP contribution is 2.22. The third-order valence-electron chi connectivity index (χ3n) is 4.38. The predicted molar refractivity (Wildman–Crippen MR) is 115 cm³/mol. The Morgan fingerprint density at radius 3 is 2.42 bits per heavy atom. The molecule has 0 saturated carbocycles. The standard InChI is InChI=1S/C24H19N3O4/c28-22(20-8-4-14-25-24(20)31-19-6-2-1-3-7-19)26-16-17-10-12-18(13-11-17)27-23(29)21-9-5-15-30-21/h1-15H,16H2,(H,26,28)(H,27,29). The molecule has 0 spiro atoms. The molecule has 2 amide bonds. The smallest absolute Gasteiger partial charge is 0.291 e. The Bertz CT molecular complexity index is 1160. The molecule has 31 heavy (non-hydrogen) atoms. The van der Waals surface area contributed by atoms with Crippen molar-refractivity contribution in [1.82, 2.24) is 10.3 Å². The van der Waals surface area contributed by atoms with Crippen LogP contribution in [0.3, 0.4) is 0 Å². The molecule has 7 nitrogen and oxygen atoms in total. The van der Waals surface area contributed by atoms with E-state index in [1.165, 1.54) is 6.26 Å². The van der Waals surface area contributed by atoms with Crippen LogP contribution in [0.25, 0.3) is 0 Å². The summed E-state index contributed by atoms with van der Waals surface area (Å²) in [4.78, 5) is 28.9. The van der Waals surface area contributed by atoms with Gasteiger partial charge in [0.2, 0.25) is 5.88 Å². The van der Waals surface area contributed by atoms with Gasteiger partial charge in [-0.05, 0) is 54.1 Å². The lowest BCUT2D eigenvalue weighted by molar-refractivity contribution is 0.0947. The van der Waals surface area contributed by atoms with Crippen molar-refractivity contribution < 1.29 is 18.7 Å². The number of furan rings is 1. The van der Waals surface area contributed by atoms with Crippen LogP contribution in [0, 0.1) is 0 Å². The number of para-hydroxylation sites is 1. The van der Waals surface area contributed by atoms with Gasteiger partial charge in [0.1, 0.15) is 11.3 Å². The van der Waals surface area contributed by atoms with Crippen LogP contribution >= 0.6 is 0 Å². The molecule has 2 aromatic carbocycles. The minimum atomic E-state index is -0.325. The average Bonchev–Trinajstić information content (AvgIpc) is 3.35. The second kappa shape index (κ2) is 9.41. The lowest BCUT2D eigenvalue weighted by Gasteiger charge is -2.11. The lowest BCUT2D eigenvalue weighted by Crippen LogP contribution is -2.23. The van der Waals surface area contributed by atoms with Crippen molar-refractivity contribution in [1.29, 1.82) is 0 Å². The maximum absolute atomic E-state index is 12.7. The van der Waals surface area contributed by atoms with Crippen LogP contribution in [-0.4, -0.2) is 16.8 Å². The Hall–Kier alpha value is -4.39. The van der Waals surface area contributed by atoms with E-state index in [1.54, 1.807) is 54.7 Å². The van der Waals surface area contributed by atoms with Crippen LogP contribution < -0.4 is 15.4 Å². The van der Waals surface area contributed by atoms with E-state index < -0.39 is 0 Å². The second-order valence-electron chi connectivity index (χ2n) is 6.58. The van der Waals surface area contributed by atoms with Crippen LogP contribution in [0.2, 0.25) is 0 Å². The Labute approximate surface area is 178 Å². The van der Waals surface area contributed by atoms with Crippen LogP contribution in [-0.2, 0) is 6.54 Å². The average molecular weight is 413 g/mol. The van der Waals surface area contributed by atoms with E-state index in [0.29, 0.717) is 23.5 Å². The molecule has 0 aliphatic rings. The summed E-state index contributed by atoms with van der Waals surface area (Å²) in [7, 11) is 0. The zero-order valence-electron chi connectivity index (χ0n) is 16.4. The van der Waals surface area contributed by atoms with Gasteiger partial charge < -0.3 is 19.8 Å². The highest BCUT2D eigenvalue weighted by Gasteiger charge is 2.14. The molecule has 0 bridgehead atoms. The summed E-state index contributed by atoms with van der Waals surface area (Å²) in [5.74, 6) is 0.453. The number of hydrogen-bond donors (Lipinski definition) is 2. The topological polar surface area (TPSA) is 93.5 Å². The van der Waals surface area contributed by atoms with Gasteiger partial charge in [-0.2, -0.15) is 0 Å². The number of carbonyl (C=O) groups excluding carboxylic acids is 2. The SMILES string of the molecule is O=C(Nc1ccc(CNC(=O)c2cccnc2Oc2ccccc2)cc1)c1ccco1. The third-order valence-corrected chi connectivity index (χ3v) is 4.38. The molecule has 4 aromatic rings. The van der Waals surface area contributed by atoms with Gasteiger partial charge in [0.15, 0.2) is 5.76 Å². The molecule has 0 saturated heterocycles. The first kappa shape index (κ1) is 19.9. The van der Waals surface area contributed by atoms with Crippen molar-refractivity contribution in [2.45, 2.75) is 6.54 Å². The molecule has 0 aliphatic heterocycles. The van der Waals surface area contributed by atoms with Crippen molar-refractivity contribution >= 4 is 17.5 Å². The van der Waals surface area contributed by atoms with Gasteiger partial charge in [0.05, 0.1) is 6.26 Å². The number of anilines is 1.